The van der Waals surface area contributed by atoms with Crippen LogP contribution in [0.1, 0.15) is 11.1 Å². The molecule has 0 heterocycles. The fraction of sp³-hybridized carbons (Fsp3) is 0.143. The maximum atomic E-state index is 9.07. The Morgan fingerprint density at radius 1 is 0.944 bits per heavy atom. The molecule has 0 saturated heterocycles. The van der Waals surface area contributed by atoms with Crippen LogP contribution in [0.5, 0.6) is 0 Å². The second-order valence-electron chi connectivity index (χ2n) is 3.84. The van der Waals surface area contributed by atoms with E-state index in [1.807, 2.05) is 42.5 Å². The number of aliphatic hydroxyl groups excluding tert-OH is 1. The Kier molecular flexibility index (Phi) is 4.95. The quantitative estimate of drug-likeness (QED) is 0.820. The Labute approximate surface area is 121 Å². The van der Waals surface area contributed by atoms with Crippen molar-refractivity contribution in [1.29, 1.82) is 0 Å². The van der Waals surface area contributed by atoms with Crippen molar-refractivity contribution in [3.63, 3.8) is 0 Å². The van der Waals surface area contributed by atoms with E-state index in [-0.39, 0.29) is 6.61 Å². The molecular weight excluding hydrogens is 287 g/mol. The predicted molar refractivity (Wildman–Crippen MR) is 78.4 cm³/mol. The van der Waals surface area contributed by atoms with Crippen LogP contribution in [0.4, 0.5) is 0 Å². The second-order valence-corrected chi connectivity index (χ2v) is 5.71. The summed E-state index contributed by atoms with van der Waals surface area (Å²) in [6.45, 7) is 0.0706. The summed E-state index contributed by atoms with van der Waals surface area (Å²) in [5.41, 5.74) is 2.05. The third kappa shape index (κ3) is 3.66. The van der Waals surface area contributed by atoms with Gasteiger partial charge in [-0.2, -0.15) is 0 Å². The Balaban J connectivity index is 2.04. The Bertz CT molecular complexity index is 543. The standard InChI is InChI=1S/C14H12Cl2OS/c15-13-5-4-11(7-14(13)16)9-18-12-3-1-2-10(6-12)8-17/h1-7,17H,8-9H2. The lowest BCUT2D eigenvalue weighted by molar-refractivity contribution is 0.281. The molecule has 2 aromatic carbocycles. The first kappa shape index (κ1) is 13.8. The van der Waals surface area contributed by atoms with Crippen LogP contribution in [0.3, 0.4) is 0 Å². The highest BCUT2D eigenvalue weighted by Crippen LogP contribution is 2.28. The van der Waals surface area contributed by atoms with Gasteiger partial charge >= 0.3 is 0 Å². The molecule has 1 N–H and O–H groups in total. The average molecular weight is 299 g/mol. The van der Waals surface area contributed by atoms with Gasteiger partial charge in [0, 0.05) is 10.6 Å². The fourth-order valence-corrected chi connectivity index (χ4v) is 2.77. The minimum absolute atomic E-state index is 0.0706. The number of halogens is 2. The SMILES string of the molecule is OCc1cccc(SCc2ccc(Cl)c(Cl)c2)c1. The second kappa shape index (κ2) is 6.48. The molecule has 2 aromatic rings. The molecule has 1 nitrogen and oxygen atoms in total. The van der Waals surface area contributed by atoms with Crippen LogP contribution in [0.2, 0.25) is 10.0 Å². The van der Waals surface area contributed by atoms with Crippen molar-refractivity contribution < 1.29 is 5.11 Å². The van der Waals surface area contributed by atoms with Crippen molar-refractivity contribution in [2.45, 2.75) is 17.3 Å². The normalized spacial score (nSPS) is 10.6. The van der Waals surface area contributed by atoms with E-state index in [0.717, 1.165) is 21.8 Å². The van der Waals surface area contributed by atoms with Gasteiger partial charge in [-0.1, -0.05) is 41.4 Å². The number of rotatable bonds is 4. The molecule has 0 amide bonds. The smallest absolute Gasteiger partial charge is 0.0682 e. The predicted octanol–water partition coefficient (Wildman–Crippen LogP) is 4.78. The number of thioether (sulfide) groups is 1. The van der Waals surface area contributed by atoms with Gasteiger partial charge in [-0.05, 0) is 35.4 Å². The van der Waals surface area contributed by atoms with E-state index in [1.165, 1.54) is 0 Å². The maximum absolute atomic E-state index is 9.07. The summed E-state index contributed by atoms with van der Waals surface area (Å²) in [4.78, 5) is 1.13. The van der Waals surface area contributed by atoms with Gasteiger partial charge in [0.05, 0.1) is 16.7 Å². The van der Waals surface area contributed by atoms with Crippen molar-refractivity contribution in [1.82, 2.24) is 0 Å². The fourth-order valence-electron chi connectivity index (χ4n) is 1.53. The highest BCUT2D eigenvalue weighted by atomic mass is 35.5. The minimum atomic E-state index is 0.0706. The summed E-state index contributed by atoms with van der Waals surface area (Å²) >= 11 is 13.5. The number of benzene rings is 2. The minimum Gasteiger partial charge on any atom is -0.392 e. The summed E-state index contributed by atoms with van der Waals surface area (Å²) in [7, 11) is 0. The van der Waals surface area contributed by atoms with E-state index in [4.69, 9.17) is 28.3 Å². The van der Waals surface area contributed by atoms with Crippen LogP contribution in [-0.2, 0) is 12.4 Å². The van der Waals surface area contributed by atoms with Crippen molar-refractivity contribution in [3.8, 4) is 0 Å². The van der Waals surface area contributed by atoms with E-state index < -0.39 is 0 Å². The molecule has 0 unspecified atom stereocenters. The molecule has 0 fully saturated rings. The summed E-state index contributed by atoms with van der Waals surface area (Å²) < 4.78 is 0. The van der Waals surface area contributed by atoms with Crippen molar-refractivity contribution in [2.24, 2.45) is 0 Å². The zero-order valence-corrected chi connectivity index (χ0v) is 11.9. The first-order valence-electron chi connectivity index (χ1n) is 5.45. The molecular formula is C14H12Cl2OS. The average Bonchev–Trinajstić information content (AvgIpc) is 2.40. The summed E-state index contributed by atoms with van der Waals surface area (Å²) in [6, 6.07) is 13.5. The Morgan fingerprint density at radius 3 is 2.50 bits per heavy atom. The van der Waals surface area contributed by atoms with Crippen molar-refractivity contribution in [3.05, 3.63) is 63.6 Å². The molecule has 0 radical (unpaired) electrons. The largest absolute Gasteiger partial charge is 0.392 e. The summed E-state index contributed by atoms with van der Waals surface area (Å²) in [5, 5.41) is 10.2. The van der Waals surface area contributed by atoms with E-state index in [9.17, 15) is 0 Å². The van der Waals surface area contributed by atoms with Gasteiger partial charge in [0.2, 0.25) is 0 Å². The molecule has 0 bridgehead atoms. The Morgan fingerprint density at radius 2 is 1.78 bits per heavy atom. The van der Waals surface area contributed by atoms with Gasteiger partial charge in [-0.15, -0.1) is 11.8 Å². The lowest BCUT2D eigenvalue weighted by Gasteiger charge is -2.05. The van der Waals surface area contributed by atoms with Crippen molar-refractivity contribution >= 4 is 35.0 Å². The molecule has 4 heteroatoms. The first-order chi connectivity index (χ1) is 8.69. The molecule has 0 aliphatic carbocycles. The number of hydrogen-bond acceptors (Lipinski definition) is 2. The lowest BCUT2D eigenvalue weighted by Crippen LogP contribution is -1.84. The lowest BCUT2D eigenvalue weighted by atomic mass is 10.2. The van der Waals surface area contributed by atoms with Crippen LogP contribution in [0.15, 0.2) is 47.4 Å². The maximum Gasteiger partial charge on any atom is 0.0682 e. The highest BCUT2D eigenvalue weighted by Gasteiger charge is 2.01. The Hall–Kier alpha value is -0.670. The van der Waals surface area contributed by atoms with Crippen LogP contribution in [-0.4, -0.2) is 5.11 Å². The van der Waals surface area contributed by atoms with Gasteiger partial charge in [-0.3, -0.25) is 0 Å². The van der Waals surface area contributed by atoms with Gasteiger partial charge in [0.15, 0.2) is 0 Å². The molecule has 0 aromatic heterocycles. The zero-order chi connectivity index (χ0) is 13.0. The molecule has 0 spiro atoms. The van der Waals surface area contributed by atoms with Gasteiger partial charge in [0.25, 0.3) is 0 Å². The molecule has 18 heavy (non-hydrogen) atoms. The number of hydrogen-bond donors (Lipinski definition) is 1. The van der Waals surface area contributed by atoms with Gasteiger partial charge in [-0.25, -0.2) is 0 Å². The van der Waals surface area contributed by atoms with Crippen LogP contribution in [0, 0.1) is 0 Å². The summed E-state index contributed by atoms with van der Waals surface area (Å²) in [6.07, 6.45) is 0. The van der Waals surface area contributed by atoms with Crippen LogP contribution in [0.25, 0.3) is 0 Å². The third-order valence-corrected chi connectivity index (χ3v) is 4.27. The molecule has 0 aliphatic heterocycles. The first-order valence-corrected chi connectivity index (χ1v) is 7.20. The van der Waals surface area contributed by atoms with Crippen molar-refractivity contribution in [2.75, 3.05) is 0 Å². The molecule has 2 rings (SSSR count). The van der Waals surface area contributed by atoms with E-state index >= 15 is 0 Å². The molecule has 94 valence electrons. The van der Waals surface area contributed by atoms with Crippen LogP contribution < -0.4 is 0 Å². The molecule has 0 saturated carbocycles. The van der Waals surface area contributed by atoms with Gasteiger partial charge in [0.1, 0.15) is 0 Å². The third-order valence-electron chi connectivity index (χ3n) is 2.47. The van der Waals surface area contributed by atoms with E-state index in [0.29, 0.717) is 10.0 Å². The molecule has 0 aliphatic rings. The topological polar surface area (TPSA) is 20.2 Å². The zero-order valence-electron chi connectivity index (χ0n) is 9.57. The molecule has 0 atom stereocenters. The number of aliphatic hydroxyl groups is 1. The van der Waals surface area contributed by atoms with E-state index in [2.05, 4.69) is 0 Å². The highest BCUT2D eigenvalue weighted by molar-refractivity contribution is 7.98. The van der Waals surface area contributed by atoms with Gasteiger partial charge < -0.3 is 5.11 Å². The van der Waals surface area contributed by atoms with E-state index in [1.54, 1.807) is 11.8 Å². The summed E-state index contributed by atoms with van der Waals surface area (Å²) in [5.74, 6) is 0.825. The monoisotopic (exact) mass is 298 g/mol. The van der Waals surface area contributed by atoms with Crippen LogP contribution >= 0.6 is 35.0 Å².